The Balaban J connectivity index is 1.62. The van der Waals surface area contributed by atoms with E-state index in [1.807, 2.05) is 0 Å². The Morgan fingerprint density at radius 2 is 1.81 bits per heavy atom. The van der Waals surface area contributed by atoms with Gasteiger partial charge >= 0.3 is 0 Å². The van der Waals surface area contributed by atoms with Gasteiger partial charge in [0.15, 0.2) is 0 Å². The second kappa shape index (κ2) is 8.27. The lowest BCUT2D eigenvalue weighted by molar-refractivity contribution is -0.130. The van der Waals surface area contributed by atoms with Crippen LogP contribution in [0.5, 0.6) is 5.75 Å². The predicted octanol–water partition coefficient (Wildman–Crippen LogP) is 3.21. The van der Waals surface area contributed by atoms with Crippen molar-refractivity contribution in [3.8, 4) is 5.75 Å². The topological polar surface area (TPSA) is 47.6 Å². The minimum Gasteiger partial charge on any atom is -0.492 e. The molecule has 6 heteroatoms. The van der Waals surface area contributed by atoms with Crippen molar-refractivity contribution in [2.24, 2.45) is 0 Å². The summed E-state index contributed by atoms with van der Waals surface area (Å²) in [5.41, 5.74) is 0.0518. The van der Waals surface area contributed by atoms with Gasteiger partial charge in [-0.1, -0.05) is 18.2 Å². The number of halogens is 2. The van der Waals surface area contributed by atoms with Crippen molar-refractivity contribution in [3.63, 3.8) is 0 Å². The first-order valence-electron chi connectivity index (χ1n) is 8.61. The summed E-state index contributed by atoms with van der Waals surface area (Å²) >= 11 is 0. The molecule has 3 rings (SSSR count). The predicted molar refractivity (Wildman–Crippen MR) is 93.0 cm³/mol. The van der Waals surface area contributed by atoms with Gasteiger partial charge in [0.05, 0.1) is 12.0 Å². The smallest absolute Gasteiger partial charge is 0.230 e. The maximum Gasteiger partial charge on any atom is 0.230 e. The lowest BCUT2D eigenvalue weighted by Gasteiger charge is -2.36. The third-order valence-electron chi connectivity index (χ3n) is 4.63. The van der Waals surface area contributed by atoms with Crippen LogP contribution in [-0.4, -0.2) is 32.3 Å². The van der Waals surface area contributed by atoms with Crippen molar-refractivity contribution >= 4 is 5.91 Å². The number of nitrogens with one attached hydrogen (secondary N) is 1. The molecule has 0 atom stereocenters. The molecule has 2 aromatic rings. The largest absolute Gasteiger partial charge is 0.492 e. The fourth-order valence-corrected chi connectivity index (χ4v) is 3.20. The van der Waals surface area contributed by atoms with Gasteiger partial charge in [-0.2, -0.15) is 0 Å². The molecule has 0 saturated carbocycles. The first-order chi connectivity index (χ1) is 12.6. The van der Waals surface area contributed by atoms with E-state index in [1.54, 1.807) is 24.3 Å². The van der Waals surface area contributed by atoms with Crippen LogP contribution >= 0.6 is 0 Å². The van der Waals surface area contributed by atoms with Crippen LogP contribution in [0.2, 0.25) is 0 Å². The maximum atomic E-state index is 13.2. The Labute approximate surface area is 151 Å². The standard InChI is InChI=1S/C20H21F2NO3/c21-16-6-4-15(5-7-16)20(8-11-25-12-9-20)19(24)23-10-13-26-18-3-1-2-17(22)14-18/h1-7,14H,8-13H2,(H,23,24). The van der Waals surface area contributed by atoms with E-state index in [1.165, 1.54) is 24.3 Å². The average molecular weight is 361 g/mol. The lowest BCUT2D eigenvalue weighted by atomic mass is 9.73. The highest BCUT2D eigenvalue weighted by molar-refractivity contribution is 5.88. The molecule has 1 amide bonds. The summed E-state index contributed by atoms with van der Waals surface area (Å²) in [6, 6.07) is 11.9. The van der Waals surface area contributed by atoms with Crippen molar-refractivity contribution in [2.75, 3.05) is 26.4 Å². The second-order valence-corrected chi connectivity index (χ2v) is 6.26. The van der Waals surface area contributed by atoms with E-state index in [2.05, 4.69) is 5.32 Å². The highest BCUT2D eigenvalue weighted by Gasteiger charge is 2.41. The fourth-order valence-electron chi connectivity index (χ4n) is 3.20. The van der Waals surface area contributed by atoms with E-state index in [0.29, 0.717) is 38.3 Å². The normalized spacial score (nSPS) is 16.1. The van der Waals surface area contributed by atoms with Crippen LogP contribution in [0.4, 0.5) is 8.78 Å². The molecule has 0 spiro atoms. The minimum atomic E-state index is -0.731. The van der Waals surface area contributed by atoms with Gasteiger partial charge < -0.3 is 14.8 Å². The Bertz CT molecular complexity index is 743. The third kappa shape index (κ3) is 4.19. The van der Waals surface area contributed by atoms with E-state index < -0.39 is 5.41 Å². The van der Waals surface area contributed by atoms with Crippen LogP contribution < -0.4 is 10.1 Å². The van der Waals surface area contributed by atoms with Gasteiger partial charge in [-0.25, -0.2) is 8.78 Å². The van der Waals surface area contributed by atoms with Gasteiger partial charge in [0.1, 0.15) is 24.0 Å². The van der Waals surface area contributed by atoms with Crippen molar-refractivity contribution in [1.29, 1.82) is 0 Å². The van der Waals surface area contributed by atoms with Crippen molar-refractivity contribution in [1.82, 2.24) is 5.32 Å². The molecule has 26 heavy (non-hydrogen) atoms. The summed E-state index contributed by atoms with van der Waals surface area (Å²) in [5, 5.41) is 2.88. The van der Waals surface area contributed by atoms with Crippen LogP contribution in [-0.2, 0) is 14.9 Å². The van der Waals surface area contributed by atoms with E-state index in [4.69, 9.17) is 9.47 Å². The second-order valence-electron chi connectivity index (χ2n) is 6.26. The van der Waals surface area contributed by atoms with Gasteiger partial charge in [0.25, 0.3) is 0 Å². The quantitative estimate of drug-likeness (QED) is 0.804. The van der Waals surface area contributed by atoms with Crippen molar-refractivity contribution < 1.29 is 23.0 Å². The first kappa shape index (κ1) is 18.3. The van der Waals surface area contributed by atoms with Crippen LogP contribution in [0.15, 0.2) is 48.5 Å². The number of benzene rings is 2. The molecule has 0 aliphatic carbocycles. The summed E-state index contributed by atoms with van der Waals surface area (Å²) in [5.74, 6) is -0.419. The molecule has 138 valence electrons. The summed E-state index contributed by atoms with van der Waals surface area (Å²) in [6.07, 6.45) is 1.07. The average Bonchev–Trinajstić information content (AvgIpc) is 2.66. The van der Waals surface area contributed by atoms with E-state index in [9.17, 15) is 13.6 Å². The van der Waals surface area contributed by atoms with E-state index >= 15 is 0 Å². The van der Waals surface area contributed by atoms with Crippen molar-refractivity contribution in [3.05, 3.63) is 65.7 Å². The zero-order valence-corrected chi connectivity index (χ0v) is 14.3. The molecule has 1 heterocycles. The number of carbonyl (C=O) groups is 1. The van der Waals surface area contributed by atoms with Crippen LogP contribution in [0.1, 0.15) is 18.4 Å². The van der Waals surface area contributed by atoms with Gasteiger partial charge in [0, 0.05) is 19.3 Å². The summed E-state index contributed by atoms with van der Waals surface area (Å²) in [4.78, 5) is 12.9. The molecule has 1 aliphatic rings. The highest BCUT2D eigenvalue weighted by atomic mass is 19.1. The molecule has 1 aliphatic heterocycles. The number of amides is 1. The molecule has 0 radical (unpaired) electrons. The van der Waals surface area contributed by atoms with Crippen LogP contribution in [0.3, 0.4) is 0 Å². The Morgan fingerprint density at radius 1 is 1.08 bits per heavy atom. The van der Waals surface area contributed by atoms with Crippen molar-refractivity contribution in [2.45, 2.75) is 18.3 Å². The molecular weight excluding hydrogens is 340 g/mol. The third-order valence-corrected chi connectivity index (χ3v) is 4.63. The highest BCUT2D eigenvalue weighted by Crippen LogP contribution is 2.35. The molecule has 0 bridgehead atoms. The molecule has 1 N–H and O–H groups in total. The summed E-state index contributed by atoms with van der Waals surface area (Å²) in [6.45, 7) is 1.47. The number of rotatable bonds is 6. The fraction of sp³-hybridized carbons (Fsp3) is 0.350. The van der Waals surface area contributed by atoms with Gasteiger partial charge in [-0.15, -0.1) is 0 Å². The zero-order valence-electron chi connectivity index (χ0n) is 14.3. The SMILES string of the molecule is O=C(NCCOc1cccc(F)c1)C1(c2ccc(F)cc2)CCOCC1. The number of carbonyl (C=O) groups excluding carboxylic acids is 1. The first-order valence-corrected chi connectivity index (χ1v) is 8.61. The Kier molecular flexibility index (Phi) is 5.83. The number of ether oxygens (including phenoxy) is 2. The van der Waals surface area contributed by atoms with Gasteiger partial charge in [-0.3, -0.25) is 4.79 Å². The molecule has 4 nitrogen and oxygen atoms in total. The van der Waals surface area contributed by atoms with Gasteiger partial charge in [0.2, 0.25) is 5.91 Å². The van der Waals surface area contributed by atoms with Gasteiger partial charge in [-0.05, 0) is 42.7 Å². The number of hydrogen-bond donors (Lipinski definition) is 1. The molecule has 0 unspecified atom stereocenters. The van der Waals surface area contributed by atoms with Crippen LogP contribution in [0.25, 0.3) is 0 Å². The van der Waals surface area contributed by atoms with E-state index in [0.717, 1.165) is 5.56 Å². The lowest BCUT2D eigenvalue weighted by Crippen LogP contribution is -2.48. The molecular formula is C20H21F2NO3. The summed E-state index contributed by atoms with van der Waals surface area (Å²) < 4.78 is 37.2. The van der Waals surface area contributed by atoms with Crippen LogP contribution in [0, 0.1) is 11.6 Å². The zero-order chi connectivity index (χ0) is 18.4. The minimum absolute atomic E-state index is 0.129. The Hall–Kier alpha value is -2.47. The monoisotopic (exact) mass is 361 g/mol. The molecule has 1 fully saturated rings. The molecule has 1 saturated heterocycles. The Morgan fingerprint density at radius 3 is 2.50 bits per heavy atom. The molecule has 2 aromatic carbocycles. The summed E-state index contributed by atoms with van der Waals surface area (Å²) in [7, 11) is 0. The number of hydrogen-bond acceptors (Lipinski definition) is 3. The maximum absolute atomic E-state index is 13.2. The molecule has 0 aromatic heterocycles. The van der Waals surface area contributed by atoms with E-state index in [-0.39, 0.29) is 24.1 Å².